The summed E-state index contributed by atoms with van der Waals surface area (Å²) in [6, 6.07) is 8.17. The van der Waals surface area contributed by atoms with Crippen molar-refractivity contribution >= 4 is 11.7 Å². The molecule has 4 heteroatoms. The largest absolute Gasteiger partial charge is 0.369 e. The zero-order valence-electron chi connectivity index (χ0n) is 9.04. The maximum absolute atomic E-state index is 6.97. The van der Waals surface area contributed by atoms with Crippen LogP contribution in [0.4, 0.5) is 0 Å². The zero-order valence-corrected chi connectivity index (χ0v) is 9.04. The van der Waals surface area contributed by atoms with E-state index in [1.165, 1.54) is 5.56 Å². The van der Waals surface area contributed by atoms with Crippen LogP contribution >= 0.6 is 0 Å². The predicted octanol–water partition coefficient (Wildman–Crippen LogP) is 1.46. The smallest absolute Gasteiger partial charge is 0.206 e. The summed E-state index contributed by atoms with van der Waals surface area (Å²) in [6.07, 6.45) is 1.03. The van der Waals surface area contributed by atoms with E-state index in [1.807, 2.05) is 19.1 Å². The molecule has 0 amide bonds. The monoisotopic (exact) mass is 204 g/mol. The van der Waals surface area contributed by atoms with Gasteiger partial charge in [-0.3, -0.25) is 5.41 Å². The first kappa shape index (κ1) is 11.2. The van der Waals surface area contributed by atoms with E-state index in [0.29, 0.717) is 0 Å². The van der Waals surface area contributed by atoms with Crippen molar-refractivity contribution in [1.82, 2.24) is 5.43 Å². The molecule has 0 radical (unpaired) electrons. The topological polar surface area (TPSA) is 74.3 Å². The van der Waals surface area contributed by atoms with Gasteiger partial charge in [0.05, 0.1) is 5.71 Å². The summed E-state index contributed by atoms with van der Waals surface area (Å²) in [7, 11) is 0. The van der Waals surface area contributed by atoms with Crippen molar-refractivity contribution in [3.8, 4) is 0 Å². The number of aryl methyl sites for hydroxylation is 1. The Hall–Kier alpha value is -1.84. The normalized spacial score (nSPS) is 11.2. The highest BCUT2D eigenvalue weighted by Gasteiger charge is 1.97. The summed E-state index contributed by atoms with van der Waals surface area (Å²) in [6.45, 7) is 3.99. The van der Waals surface area contributed by atoms with Gasteiger partial charge in [-0.25, -0.2) is 5.43 Å². The Morgan fingerprint density at radius 2 is 2.00 bits per heavy atom. The van der Waals surface area contributed by atoms with E-state index in [-0.39, 0.29) is 5.96 Å². The number of guanidine groups is 1. The number of nitrogens with two attached hydrogens (primary N) is 1. The molecule has 0 aliphatic heterocycles. The van der Waals surface area contributed by atoms with Crippen LogP contribution in [0.3, 0.4) is 0 Å². The minimum atomic E-state index is -0.153. The second-order valence-electron chi connectivity index (χ2n) is 3.27. The van der Waals surface area contributed by atoms with Gasteiger partial charge in [0.2, 0.25) is 5.96 Å². The number of hydrazone groups is 1. The standard InChI is InChI=1S/C11H16N4/c1-3-9-4-6-10(7-5-9)8(2)14-15-11(12)13/h4-7H,3H2,1-2H3,(H4,12,13,15)/b14-8+. The van der Waals surface area contributed by atoms with Gasteiger partial charge in [-0.05, 0) is 24.5 Å². The van der Waals surface area contributed by atoms with E-state index < -0.39 is 0 Å². The fourth-order valence-corrected chi connectivity index (χ4v) is 1.19. The summed E-state index contributed by atoms with van der Waals surface area (Å²) in [4.78, 5) is 0. The third-order valence-corrected chi connectivity index (χ3v) is 2.12. The molecule has 0 atom stereocenters. The number of hydrogen-bond donors (Lipinski definition) is 3. The summed E-state index contributed by atoms with van der Waals surface area (Å²) in [5.74, 6) is -0.153. The zero-order chi connectivity index (χ0) is 11.3. The molecule has 4 nitrogen and oxygen atoms in total. The number of hydrogen-bond acceptors (Lipinski definition) is 2. The van der Waals surface area contributed by atoms with Crippen LogP contribution in [0.25, 0.3) is 0 Å². The molecule has 0 saturated heterocycles. The second-order valence-corrected chi connectivity index (χ2v) is 3.27. The first-order chi connectivity index (χ1) is 7.13. The highest BCUT2D eigenvalue weighted by atomic mass is 15.3. The van der Waals surface area contributed by atoms with E-state index >= 15 is 0 Å². The van der Waals surface area contributed by atoms with Crippen molar-refractivity contribution < 1.29 is 0 Å². The summed E-state index contributed by atoms with van der Waals surface area (Å²) in [5.41, 5.74) is 10.7. The van der Waals surface area contributed by atoms with Crippen molar-refractivity contribution in [2.45, 2.75) is 20.3 Å². The van der Waals surface area contributed by atoms with E-state index in [1.54, 1.807) is 0 Å². The average molecular weight is 204 g/mol. The van der Waals surface area contributed by atoms with Gasteiger partial charge in [0, 0.05) is 0 Å². The highest BCUT2D eigenvalue weighted by Crippen LogP contribution is 2.05. The molecule has 1 aromatic carbocycles. The van der Waals surface area contributed by atoms with Crippen LogP contribution in [0.1, 0.15) is 25.0 Å². The van der Waals surface area contributed by atoms with Crippen molar-refractivity contribution in [3.05, 3.63) is 35.4 Å². The lowest BCUT2D eigenvalue weighted by Gasteiger charge is -2.03. The maximum Gasteiger partial charge on any atom is 0.206 e. The molecule has 1 aromatic rings. The van der Waals surface area contributed by atoms with Gasteiger partial charge >= 0.3 is 0 Å². The molecule has 0 saturated carbocycles. The Balaban J connectivity index is 2.77. The number of nitrogens with one attached hydrogen (secondary N) is 2. The molecule has 4 N–H and O–H groups in total. The van der Waals surface area contributed by atoms with Crippen LogP contribution in [-0.2, 0) is 6.42 Å². The molecule has 0 bridgehead atoms. The molecule has 80 valence electrons. The molecular weight excluding hydrogens is 188 g/mol. The molecule has 0 aromatic heterocycles. The lowest BCUT2D eigenvalue weighted by molar-refractivity contribution is 0.991. The molecular formula is C11H16N4. The van der Waals surface area contributed by atoms with Crippen LogP contribution in [0.15, 0.2) is 29.4 Å². The van der Waals surface area contributed by atoms with Crippen molar-refractivity contribution in [1.29, 1.82) is 5.41 Å². The Kier molecular flexibility index (Phi) is 3.85. The van der Waals surface area contributed by atoms with Crippen LogP contribution in [0.2, 0.25) is 0 Å². The van der Waals surface area contributed by atoms with Crippen LogP contribution in [0.5, 0.6) is 0 Å². The molecule has 0 aliphatic rings. The molecule has 0 unspecified atom stereocenters. The Morgan fingerprint density at radius 3 is 2.47 bits per heavy atom. The maximum atomic E-state index is 6.97. The molecule has 0 aliphatic carbocycles. The van der Waals surface area contributed by atoms with Crippen molar-refractivity contribution in [2.24, 2.45) is 10.8 Å². The molecule has 0 fully saturated rings. The van der Waals surface area contributed by atoms with Gasteiger partial charge < -0.3 is 5.73 Å². The first-order valence-electron chi connectivity index (χ1n) is 4.87. The van der Waals surface area contributed by atoms with E-state index in [9.17, 15) is 0 Å². The summed E-state index contributed by atoms with van der Waals surface area (Å²) >= 11 is 0. The van der Waals surface area contributed by atoms with Crippen molar-refractivity contribution in [2.75, 3.05) is 0 Å². The number of rotatable bonds is 3. The fourth-order valence-electron chi connectivity index (χ4n) is 1.19. The SMILES string of the molecule is CCc1ccc(/C(C)=N/NC(=N)N)cc1. The van der Waals surface area contributed by atoms with Crippen LogP contribution in [0, 0.1) is 5.41 Å². The van der Waals surface area contributed by atoms with Gasteiger partial charge in [-0.1, -0.05) is 31.2 Å². The predicted molar refractivity (Wildman–Crippen MR) is 63.1 cm³/mol. The average Bonchev–Trinajstić information content (AvgIpc) is 2.26. The lowest BCUT2D eigenvalue weighted by Crippen LogP contribution is -2.26. The summed E-state index contributed by atoms with van der Waals surface area (Å²) < 4.78 is 0. The summed E-state index contributed by atoms with van der Waals surface area (Å²) in [5, 5.41) is 10.9. The van der Waals surface area contributed by atoms with E-state index in [4.69, 9.17) is 11.1 Å². The van der Waals surface area contributed by atoms with Crippen molar-refractivity contribution in [3.63, 3.8) is 0 Å². The lowest BCUT2D eigenvalue weighted by atomic mass is 10.1. The van der Waals surface area contributed by atoms with Gasteiger partial charge in [-0.15, -0.1) is 0 Å². The third kappa shape index (κ3) is 3.42. The first-order valence-corrected chi connectivity index (χ1v) is 4.87. The Morgan fingerprint density at radius 1 is 1.40 bits per heavy atom. The quantitative estimate of drug-likeness (QED) is 0.396. The molecule has 0 heterocycles. The van der Waals surface area contributed by atoms with Crippen LogP contribution in [-0.4, -0.2) is 11.7 Å². The fraction of sp³-hybridized carbons (Fsp3) is 0.273. The van der Waals surface area contributed by atoms with Gasteiger partial charge in [0.15, 0.2) is 0 Å². The third-order valence-electron chi connectivity index (χ3n) is 2.12. The van der Waals surface area contributed by atoms with Gasteiger partial charge in [-0.2, -0.15) is 5.10 Å². The number of benzene rings is 1. The Labute approximate surface area is 89.7 Å². The van der Waals surface area contributed by atoms with E-state index in [2.05, 4.69) is 29.6 Å². The molecule has 0 spiro atoms. The highest BCUT2D eigenvalue weighted by molar-refractivity contribution is 5.99. The van der Waals surface area contributed by atoms with Gasteiger partial charge in [0.25, 0.3) is 0 Å². The Bertz CT molecular complexity index is 365. The molecule has 1 rings (SSSR count). The minimum Gasteiger partial charge on any atom is -0.369 e. The van der Waals surface area contributed by atoms with Gasteiger partial charge in [0.1, 0.15) is 0 Å². The number of nitrogens with zero attached hydrogens (tertiary/aromatic N) is 1. The second kappa shape index (κ2) is 5.14. The van der Waals surface area contributed by atoms with E-state index in [0.717, 1.165) is 17.7 Å². The minimum absolute atomic E-state index is 0.153. The molecule has 15 heavy (non-hydrogen) atoms. The van der Waals surface area contributed by atoms with Crippen LogP contribution < -0.4 is 11.2 Å².